The van der Waals surface area contributed by atoms with E-state index in [1.165, 1.54) is 17.2 Å². The highest BCUT2D eigenvalue weighted by atomic mass is 31.2. The van der Waals surface area contributed by atoms with Gasteiger partial charge in [-0.2, -0.15) is 0 Å². The summed E-state index contributed by atoms with van der Waals surface area (Å²) in [6.07, 6.45) is -1.74. The molecular weight excluding hydrogens is 421 g/mol. The molecule has 2 aromatic heterocycles. The van der Waals surface area contributed by atoms with Crippen molar-refractivity contribution < 1.29 is 39.1 Å². The molecule has 30 heavy (non-hydrogen) atoms. The van der Waals surface area contributed by atoms with E-state index in [0.717, 1.165) is 0 Å². The van der Waals surface area contributed by atoms with Gasteiger partial charge in [-0.05, 0) is 12.8 Å². The zero-order chi connectivity index (χ0) is 21.5. The first-order valence-corrected chi connectivity index (χ1v) is 11.3. The zero-order valence-electron chi connectivity index (χ0n) is 15.9. The number of hydrogen-bond acceptors (Lipinski definition) is 10. The fraction of sp³-hybridized carbons (Fsp3) is 0.688. The van der Waals surface area contributed by atoms with Crippen LogP contribution in [0.2, 0.25) is 0 Å². The number of imidazole rings is 1. The standard InChI is InChI=1S/C16H24N5O8P/c22-9-1-3-20(4-2-9)14-11-15(18-6-17-14)21(7-19-11)16-13(24)12(23)10(29-16)5-28-8-30(25,26)27/h6-7,9-10,12-13,16,22-24H,1-5,8H2,(H2,25,26,27)/t10-,12-,13-,16-/m1/s1. The lowest BCUT2D eigenvalue weighted by Gasteiger charge is -2.30. The van der Waals surface area contributed by atoms with Gasteiger partial charge in [-0.15, -0.1) is 0 Å². The molecule has 0 unspecified atom stereocenters. The van der Waals surface area contributed by atoms with Gasteiger partial charge in [-0.25, -0.2) is 15.0 Å². The normalized spacial score (nSPS) is 28.5. The second-order valence-corrected chi connectivity index (χ2v) is 9.04. The minimum absolute atomic E-state index is 0.303. The van der Waals surface area contributed by atoms with Crippen LogP contribution in [0, 0.1) is 0 Å². The fourth-order valence-electron chi connectivity index (χ4n) is 3.72. The molecule has 0 saturated carbocycles. The molecule has 0 bridgehead atoms. The fourth-order valence-corrected chi connectivity index (χ4v) is 4.06. The first-order valence-electron chi connectivity index (χ1n) is 9.49. The minimum Gasteiger partial charge on any atom is -0.393 e. The highest BCUT2D eigenvalue weighted by molar-refractivity contribution is 7.51. The van der Waals surface area contributed by atoms with Gasteiger partial charge in [0.2, 0.25) is 0 Å². The van der Waals surface area contributed by atoms with E-state index in [1.54, 1.807) is 0 Å². The van der Waals surface area contributed by atoms with Gasteiger partial charge in [0.15, 0.2) is 23.2 Å². The molecule has 0 aliphatic carbocycles. The number of fused-ring (bicyclic) bond motifs is 1. The molecule has 2 aromatic rings. The molecule has 5 N–H and O–H groups in total. The lowest BCUT2D eigenvalue weighted by molar-refractivity contribution is -0.0612. The van der Waals surface area contributed by atoms with E-state index in [2.05, 4.69) is 15.0 Å². The number of aliphatic hydroxyl groups excluding tert-OH is 3. The second-order valence-electron chi connectivity index (χ2n) is 7.45. The quantitative estimate of drug-likeness (QED) is 0.327. The van der Waals surface area contributed by atoms with Crippen LogP contribution in [0.4, 0.5) is 5.82 Å². The summed E-state index contributed by atoms with van der Waals surface area (Å²) in [7, 11) is -4.35. The van der Waals surface area contributed by atoms with Crippen molar-refractivity contribution in [2.75, 3.05) is 30.9 Å². The third kappa shape index (κ3) is 4.34. The number of hydrogen-bond donors (Lipinski definition) is 5. The van der Waals surface area contributed by atoms with Gasteiger partial charge in [0.1, 0.15) is 31.0 Å². The average molecular weight is 445 g/mol. The van der Waals surface area contributed by atoms with E-state index >= 15 is 0 Å². The molecule has 166 valence electrons. The van der Waals surface area contributed by atoms with Crippen molar-refractivity contribution in [3.63, 3.8) is 0 Å². The van der Waals surface area contributed by atoms with Crippen molar-refractivity contribution in [2.24, 2.45) is 0 Å². The van der Waals surface area contributed by atoms with Crippen LogP contribution < -0.4 is 4.90 Å². The van der Waals surface area contributed by atoms with Gasteiger partial charge in [0.25, 0.3) is 0 Å². The Morgan fingerprint density at radius 2 is 1.87 bits per heavy atom. The summed E-state index contributed by atoms with van der Waals surface area (Å²) in [4.78, 5) is 32.7. The number of rotatable bonds is 6. The van der Waals surface area contributed by atoms with Gasteiger partial charge >= 0.3 is 7.60 Å². The van der Waals surface area contributed by atoms with Crippen molar-refractivity contribution >= 4 is 24.6 Å². The molecule has 2 aliphatic rings. The highest BCUT2D eigenvalue weighted by Crippen LogP contribution is 2.36. The third-order valence-corrected chi connectivity index (χ3v) is 5.78. The van der Waals surface area contributed by atoms with Crippen LogP contribution in [0.3, 0.4) is 0 Å². The van der Waals surface area contributed by atoms with E-state index in [1.807, 2.05) is 4.90 Å². The summed E-state index contributed by atoms with van der Waals surface area (Å²) in [6.45, 7) is 0.948. The lowest BCUT2D eigenvalue weighted by Crippen LogP contribution is -2.36. The van der Waals surface area contributed by atoms with Crippen molar-refractivity contribution in [1.29, 1.82) is 0 Å². The number of ether oxygens (including phenoxy) is 2. The maximum absolute atomic E-state index is 10.9. The summed E-state index contributed by atoms with van der Waals surface area (Å²) in [5.41, 5.74) is 0.902. The molecule has 4 rings (SSSR count). The molecular formula is C16H24N5O8P. The molecule has 2 saturated heterocycles. The molecule has 0 spiro atoms. The molecule has 0 aromatic carbocycles. The predicted molar refractivity (Wildman–Crippen MR) is 102 cm³/mol. The Bertz CT molecular complexity index is 929. The van der Waals surface area contributed by atoms with Crippen LogP contribution in [-0.4, -0.2) is 95.1 Å². The number of aliphatic hydroxyl groups is 3. The van der Waals surface area contributed by atoms with Gasteiger partial charge in [-0.1, -0.05) is 0 Å². The van der Waals surface area contributed by atoms with Crippen LogP contribution in [0.15, 0.2) is 12.7 Å². The summed E-state index contributed by atoms with van der Waals surface area (Å²) in [6, 6.07) is 0. The molecule has 14 heteroatoms. The molecule has 4 atom stereocenters. The number of piperidine rings is 1. The average Bonchev–Trinajstić information content (AvgIpc) is 3.24. The Morgan fingerprint density at radius 3 is 2.57 bits per heavy atom. The third-order valence-electron chi connectivity index (χ3n) is 5.26. The Balaban J connectivity index is 1.53. The van der Waals surface area contributed by atoms with Gasteiger partial charge in [0.05, 0.1) is 19.0 Å². The highest BCUT2D eigenvalue weighted by Gasteiger charge is 2.44. The van der Waals surface area contributed by atoms with Gasteiger partial charge < -0.3 is 39.5 Å². The predicted octanol–water partition coefficient (Wildman–Crippen LogP) is -1.44. The largest absolute Gasteiger partial charge is 0.393 e. The SMILES string of the molecule is O=P(O)(O)COC[C@H]1O[C@@H](n2cnc3c(N4CCC(O)CC4)ncnc32)[C@H](O)[C@@H]1O. The first-order chi connectivity index (χ1) is 14.2. The molecule has 4 heterocycles. The Hall–Kier alpha value is -1.70. The minimum atomic E-state index is -4.35. The van der Waals surface area contributed by atoms with Crippen LogP contribution in [0.1, 0.15) is 19.1 Å². The number of nitrogens with zero attached hydrogens (tertiary/aromatic N) is 5. The van der Waals surface area contributed by atoms with Gasteiger partial charge in [0, 0.05) is 13.1 Å². The second kappa shape index (κ2) is 8.44. The molecule has 2 aliphatic heterocycles. The Kier molecular flexibility index (Phi) is 6.06. The van der Waals surface area contributed by atoms with Crippen molar-refractivity contribution in [1.82, 2.24) is 19.5 Å². The van der Waals surface area contributed by atoms with Crippen LogP contribution in [0.25, 0.3) is 11.2 Å². The van der Waals surface area contributed by atoms with Crippen molar-refractivity contribution in [2.45, 2.75) is 43.5 Å². The monoisotopic (exact) mass is 445 g/mol. The van der Waals surface area contributed by atoms with E-state index in [4.69, 9.17) is 19.3 Å². The van der Waals surface area contributed by atoms with Gasteiger partial charge in [-0.3, -0.25) is 9.13 Å². The Morgan fingerprint density at radius 1 is 1.13 bits per heavy atom. The lowest BCUT2D eigenvalue weighted by atomic mass is 10.1. The summed E-state index contributed by atoms with van der Waals surface area (Å²) < 4.78 is 23.0. The van der Waals surface area contributed by atoms with Crippen LogP contribution in [0.5, 0.6) is 0 Å². The summed E-state index contributed by atoms with van der Waals surface area (Å²) >= 11 is 0. The summed E-state index contributed by atoms with van der Waals surface area (Å²) in [5.74, 6) is 0.611. The molecule has 2 fully saturated rings. The molecule has 0 radical (unpaired) electrons. The Labute approximate surface area is 171 Å². The van der Waals surface area contributed by atoms with Crippen LogP contribution >= 0.6 is 7.60 Å². The van der Waals surface area contributed by atoms with Crippen LogP contribution in [-0.2, 0) is 14.0 Å². The first kappa shape index (κ1) is 21.5. The van der Waals surface area contributed by atoms with Crippen molar-refractivity contribution in [3.8, 4) is 0 Å². The smallest absolute Gasteiger partial charge is 0.350 e. The number of aromatic nitrogens is 4. The molecule has 13 nitrogen and oxygen atoms in total. The van der Waals surface area contributed by atoms with Crippen molar-refractivity contribution in [3.05, 3.63) is 12.7 Å². The topological polar surface area (TPSA) is 184 Å². The van der Waals surface area contributed by atoms with E-state index in [-0.39, 0.29) is 12.7 Å². The molecule has 0 amide bonds. The number of anilines is 1. The van der Waals surface area contributed by atoms with E-state index in [9.17, 15) is 19.9 Å². The zero-order valence-corrected chi connectivity index (χ0v) is 16.8. The van der Waals surface area contributed by atoms with E-state index in [0.29, 0.717) is 42.9 Å². The maximum Gasteiger partial charge on any atom is 0.350 e. The summed E-state index contributed by atoms with van der Waals surface area (Å²) in [5, 5.41) is 30.4. The maximum atomic E-state index is 10.9. The van der Waals surface area contributed by atoms with E-state index < -0.39 is 38.5 Å².